The van der Waals surface area contributed by atoms with Crippen LogP contribution < -0.4 is 10.5 Å². The number of hydrogen-bond donors (Lipinski definition) is 2. The maximum Gasteiger partial charge on any atom is 0.221 e. The third-order valence-electron chi connectivity index (χ3n) is 4.04. The zero-order chi connectivity index (χ0) is 13.3. The quantitative estimate of drug-likeness (QED) is 0.663. The fourth-order valence-electron chi connectivity index (χ4n) is 2.65. The Labute approximate surface area is 115 Å². The highest BCUT2D eigenvalue weighted by Gasteiger charge is 2.42. The van der Waals surface area contributed by atoms with E-state index >= 15 is 0 Å². The Bertz CT molecular complexity index is 402. The molecule has 0 aliphatic heterocycles. The van der Waals surface area contributed by atoms with Gasteiger partial charge in [-0.15, -0.1) is 0 Å². The van der Waals surface area contributed by atoms with Gasteiger partial charge >= 0.3 is 0 Å². The minimum Gasteiger partial charge on any atom is -0.392 e. The van der Waals surface area contributed by atoms with Gasteiger partial charge in [-0.1, -0.05) is 19.1 Å². The molecule has 2 saturated carbocycles. The summed E-state index contributed by atoms with van der Waals surface area (Å²) in [5.41, 5.74) is 5.50. The largest absolute Gasteiger partial charge is 0.392 e. The molecule has 6 heteroatoms. The zero-order valence-electron chi connectivity index (χ0n) is 10.8. The van der Waals surface area contributed by atoms with E-state index in [4.69, 9.17) is 18.0 Å². The van der Waals surface area contributed by atoms with Crippen molar-refractivity contribution in [3.8, 4) is 0 Å². The summed E-state index contributed by atoms with van der Waals surface area (Å²) >= 11 is 4.83. The summed E-state index contributed by atoms with van der Waals surface area (Å²) in [4.78, 5) is 0.0689. The summed E-state index contributed by atoms with van der Waals surface area (Å²) in [7, 11) is -3.39. The SMILES string of the molecule is CCC(C(N)=S)S(=O)(=O)NCC(C1CC1)C1CC1. The average Bonchev–Trinajstić information content (AvgIpc) is 3.12. The maximum atomic E-state index is 12.1. The standard InChI is InChI=1S/C12H22N2O2S2/c1-2-11(12(13)17)18(15,16)14-7-10(8-3-4-8)9-5-6-9/h8-11,14H,2-7H2,1H3,(H2,13,17). The van der Waals surface area contributed by atoms with Gasteiger partial charge in [-0.2, -0.15) is 0 Å². The minimum absolute atomic E-state index is 0.0689. The first kappa shape index (κ1) is 14.2. The molecule has 104 valence electrons. The van der Waals surface area contributed by atoms with Crippen molar-refractivity contribution >= 4 is 27.2 Å². The van der Waals surface area contributed by atoms with Crippen molar-refractivity contribution in [2.75, 3.05) is 6.54 Å². The van der Waals surface area contributed by atoms with Crippen molar-refractivity contribution < 1.29 is 8.42 Å². The van der Waals surface area contributed by atoms with Crippen LogP contribution in [0.3, 0.4) is 0 Å². The molecule has 0 saturated heterocycles. The molecule has 1 unspecified atom stereocenters. The minimum atomic E-state index is -3.39. The molecule has 2 aliphatic rings. The van der Waals surface area contributed by atoms with Gasteiger partial charge in [0.25, 0.3) is 0 Å². The summed E-state index contributed by atoms with van der Waals surface area (Å²) in [6.45, 7) is 2.36. The number of thiocarbonyl (C=S) groups is 1. The topological polar surface area (TPSA) is 72.2 Å². The van der Waals surface area contributed by atoms with Crippen molar-refractivity contribution in [1.82, 2.24) is 4.72 Å². The second kappa shape index (κ2) is 5.43. The van der Waals surface area contributed by atoms with Gasteiger partial charge in [-0.25, -0.2) is 13.1 Å². The van der Waals surface area contributed by atoms with Gasteiger partial charge in [0.05, 0.1) is 4.99 Å². The molecule has 0 heterocycles. The maximum absolute atomic E-state index is 12.1. The monoisotopic (exact) mass is 290 g/mol. The van der Waals surface area contributed by atoms with Gasteiger partial charge in [0.15, 0.2) is 0 Å². The van der Waals surface area contributed by atoms with Crippen LogP contribution in [-0.4, -0.2) is 25.2 Å². The summed E-state index contributed by atoms with van der Waals surface area (Å²) < 4.78 is 27.0. The Morgan fingerprint density at radius 1 is 1.33 bits per heavy atom. The molecule has 3 N–H and O–H groups in total. The molecule has 0 radical (unpaired) electrons. The van der Waals surface area contributed by atoms with E-state index in [0.29, 0.717) is 18.9 Å². The molecule has 2 rings (SSSR count). The predicted molar refractivity (Wildman–Crippen MR) is 76.7 cm³/mol. The number of hydrogen-bond acceptors (Lipinski definition) is 3. The summed E-state index contributed by atoms with van der Waals surface area (Å²) in [6.07, 6.45) is 5.47. The van der Waals surface area contributed by atoms with E-state index < -0.39 is 15.3 Å². The van der Waals surface area contributed by atoms with Crippen LogP contribution in [0.2, 0.25) is 0 Å². The predicted octanol–water partition coefficient (Wildman–Crippen LogP) is 1.41. The lowest BCUT2D eigenvalue weighted by Crippen LogP contribution is -2.43. The van der Waals surface area contributed by atoms with Gasteiger partial charge in [-0.3, -0.25) is 0 Å². The number of nitrogens with two attached hydrogens (primary N) is 1. The third-order valence-corrected chi connectivity index (χ3v) is 6.38. The fourth-order valence-corrected chi connectivity index (χ4v) is 4.57. The van der Waals surface area contributed by atoms with Gasteiger partial charge < -0.3 is 5.73 Å². The molecule has 1 atom stereocenters. The number of rotatable bonds is 8. The molecule has 0 aromatic heterocycles. The van der Waals surface area contributed by atoms with Crippen molar-refractivity contribution in [1.29, 1.82) is 0 Å². The van der Waals surface area contributed by atoms with Crippen LogP contribution in [0.15, 0.2) is 0 Å². The first-order valence-electron chi connectivity index (χ1n) is 6.73. The first-order valence-corrected chi connectivity index (χ1v) is 8.69. The molecule has 2 aliphatic carbocycles. The average molecular weight is 290 g/mol. The zero-order valence-corrected chi connectivity index (χ0v) is 12.4. The second-order valence-corrected chi connectivity index (χ2v) is 7.95. The molecule has 0 aromatic rings. The van der Waals surface area contributed by atoms with Gasteiger partial charge in [0.1, 0.15) is 5.25 Å². The van der Waals surface area contributed by atoms with Crippen LogP contribution in [0.1, 0.15) is 39.0 Å². The molecule has 0 bridgehead atoms. The van der Waals surface area contributed by atoms with E-state index in [1.54, 1.807) is 6.92 Å². The second-order valence-electron chi connectivity index (χ2n) is 5.53. The molecular weight excluding hydrogens is 268 g/mol. The van der Waals surface area contributed by atoms with Crippen molar-refractivity contribution in [2.45, 2.75) is 44.3 Å². The van der Waals surface area contributed by atoms with E-state index in [9.17, 15) is 8.42 Å². The molecule has 18 heavy (non-hydrogen) atoms. The van der Waals surface area contributed by atoms with Crippen LogP contribution in [-0.2, 0) is 10.0 Å². The molecule has 2 fully saturated rings. The molecular formula is C12H22N2O2S2. The van der Waals surface area contributed by atoms with E-state index in [-0.39, 0.29) is 4.99 Å². The lowest BCUT2D eigenvalue weighted by Gasteiger charge is -2.19. The van der Waals surface area contributed by atoms with Gasteiger partial charge in [0.2, 0.25) is 10.0 Å². The van der Waals surface area contributed by atoms with Crippen LogP contribution in [0.4, 0.5) is 0 Å². The lowest BCUT2D eigenvalue weighted by molar-refractivity contribution is 0.401. The Morgan fingerprint density at radius 3 is 2.17 bits per heavy atom. The summed E-state index contributed by atoms with van der Waals surface area (Å²) in [6, 6.07) is 0. The van der Waals surface area contributed by atoms with Crippen LogP contribution in [0.5, 0.6) is 0 Å². The highest BCUT2D eigenvalue weighted by Crippen LogP contribution is 2.48. The van der Waals surface area contributed by atoms with Crippen LogP contribution in [0.25, 0.3) is 0 Å². The van der Waals surface area contributed by atoms with Crippen molar-refractivity contribution in [3.63, 3.8) is 0 Å². The van der Waals surface area contributed by atoms with Gasteiger partial charge in [0, 0.05) is 6.54 Å². The molecule has 0 amide bonds. The van der Waals surface area contributed by atoms with Crippen molar-refractivity contribution in [3.05, 3.63) is 0 Å². The lowest BCUT2D eigenvalue weighted by atomic mass is 9.99. The Hall–Kier alpha value is -0.200. The number of sulfonamides is 1. The first-order chi connectivity index (χ1) is 8.45. The summed E-state index contributed by atoms with van der Waals surface area (Å²) in [5.74, 6) is 2.01. The van der Waals surface area contributed by atoms with Crippen molar-refractivity contribution in [2.24, 2.45) is 23.5 Å². The smallest absolute Gasteiger partial charge is 0.221 e. The highest BCUT2D eigenvalue weighted by atomic mass is 32.2. The van der Waals surface area contributed by atoms with E-state index in [0.717, 1.165) is 11.8 Å². The van der Waals surface area contributed by atoms with Crippen LogP contribution in [0, 0.1) is 17.8 Å². The Kier molecular flexibility index (Phi) is 4.29. The van der Waals surface area contributed by atoms with E-state index in [2.05, 4.69) is 4.72 Å². The van der Waals surface area contributed by atoms with E-state index in [1.165, 1.54) is 25.7 Å². The fraction of sp³-hybridized carbons (Fsp3) is 0.917. The number of nitrogens with one attached hydrogen (secondary N) is 1. The normalized spacial score (nSPS) is 22.1. The third kappa shape index (κ3) is 3.42. The van der Waals surface area contributed by atoms with E-state index in [1.807, 2.05) is 0 Å². The highest BCUT2D eigenvalue weighted by molar-refractivity contribution is 7.93. The molecule has 4 nitrogen and oxygen atoms in total. The summed E-state index contributed by atoms with van der Waals surface area (Å²) in [5, 5.41) is -0.730. The Balaban J connectivity index is 1.92. The molecule has 0 spiro atoms. The Morgan fingerprint density at radius 2 is 1.83 bits per heavy atom. The molecule has 0 aromatic carbocycles. The van der Waals surface area contributed by atoms with Gasteiger partial charge in [-0.05, 0) is 49.9 Å². The van der Waals surface area contributed by atoms with Crippen LogP contribution >= 0.6 is 12.2 Å².